The van der Waals surface area contributed by atoms with Crippen molar-refractivity contribution in [1.29, 1.82) is 0 Å². The minimum atomic E-state index is -0.0754. The fraction of sp³-hybridized carbons (Fsp3) is 0.857. The number of nitrogens with zero attached hydrogens (tertiary/aromatic N) is 1. The summed E-state index contributed by atoms with van der Waals surface area (Å²) >= 11 is 0. The van der Waals surface area contributed by atoms with Gasteiger partial charge in [-0.2, -0.15) is 0 Å². The summed E-state index contributed by atoms with van der Waals surface area (Å²) in [6, 6.07) is -0.0754. The van der Waals surface area contributed by atoms with Gasteiger partial charge in [-0.15, -0.1) is 12.4 Å². The van der Waals surface area contributed by atoms with Crippen LogP contribution in [0, 0.1) is 0 Å². The maximum Gasteiger partial charge on any atom is 0.237 e. The van der Waals surface area contributed by atoms with Gasteiger partial charge in [0.15, 0.2) is 0 Å². The third-order valence-corrected chi connectivity index (χ3v) is 3.79. The molecule has 0 spiro atoms. The van der Waals surface area contributed by atoms with Gasteiger partial charge >= 0.3 is 0 Å². The molecule has 0 radical (unpaired) electrons. The summed E-state index contributed by atoms with van der Waals surface area (Å²) < 4.78 is 5.60. The van der Waals surface area contributed by atoms with Gasteiger partial charge in [0.05, 0.1) is 18.2 Å². The lowest BCUT2D eigenvalue weighted by atomic mass is 10.2. The van der Waals surface area contributed by atoms with Crippen molar-refractivity contribution in [1.82, 2.24) is 15.5 Å². The molecule has 3 unspecified atom stereocenters. The molecule has 2 fully saturated rings. The summed E-state index contributed by atoms with van der Waals surface area (Å²) in [6.07, 6.45) is 2.46. The van der Waals surface area contributed by atoms with Gasteiger partial charge in [-0.25, -0.2) is 0 Å². The molecule has 21 heavy (non-hydrogen) atoms. The fourth-order valence-corrected chi connectivity index (χ4v) is 2.86. The van der Waals surface area contributed by atoms with E-state index in [0.717, 1.165) is 19.4 Å². The molecule has 7 heteroatoms. The van der Waals surface area contributed by atoms with Crippen molar-refractivity contribution in [2.45, 2.75) is 51.4 Å². The first-order chi connectivity index (χ1) is 9.56. The van der Waals surface area contributed by atoms with Crippen LogP contribution < -0.4 is 10.6 Å². The Kier molecular flexibility index (Phi) is 7.42. The molecule has 2 N–H and O–H groups in total. The van der Waals surface area contributed by atoms with Gasteiger partial charge in [0.25, 0.3) is 0 Å². The van der Waals surface area contributed by atoms with Crippen LogP contribution in [0.1, 0.15) is 33.1 Å². The van der Waals surface area contributed by atoms with Gasteiger partial charge in [-0.1, -0.05) is 0 Å². The van der Waals surface area contributed by atoms with Crippen molar-refractivity contribution in [2.24, 2.45) is 0 Å². The molecular weight excluding hydrogens is 294 g/mol. The van der Waals surface area contributed by atoms with E-state index in [1.165, 1.54) is 0 Å². The molecule has 0 aromatic heterocycles. The third kappa shape index (κ3) is 5.45. The summed E-state index contributed by atoms with van der Waals surface area (Å²) in [5.74, 6) is 0.102. The quantitative estimate of drug-likeness (QED) is 0.782. The number of halogens is 1. The van der Waals surface area contributed by atoms with Gasteiger partial charge in [0.2, 0.25) is 11.8 Å². The Morgan fingerprint density at radius 2 is 1.95 bits per heavy atom. The number of carbonyl (C=O) groups excluding carboxylic acids is 2. The predicted octanol–water partition coefficient (Wildman–Crippen LogP) is 0.302. The summed E-state index contributed by atoms with van der Waals surface area (Å²) in [6.45, 7) is 6.55. The van der Waals surface area contributed by atoms with Crippen molar-refractivity contribution < 1.29 is 14.3 Å². The van der Waals surface area contributed by atoms with Crippen LogP contribution in [0.2, 0.25) is 0 Å². The van der Waals surface area contributed by atoms with Crippen LogP contribution in [0.3, 0.4) is 0 Å². The molecule has 0 aromatic carbocycles. The van der Waals surface area contributed by atoms with Crippen molar-refractivity contribution >= 4 is 24.2 Å². The number of ether oxygens (including phenoxy) is 1. The summed E-state index contributed by atoms with van der Waals surface area (Å²) in [4.78, 5) is 25.7. The molecule has 2 aliphatic heterocycles. The highest BCUT2D eigenvalue weighted by molar-refractivity contribution is 5.85. The summed E-state index contributed by atoms with van der Waals surface area (Å²) in [5.41, 5.74) is 0. The molecule has 0 saturated carbocycles. The average molecular weight is 320 g/mol. The number of morpholine rings is 1. The van der Waals surface area contributed by atoms with E-state index in [0.29, 0.717) is 26.1 Å². The lowest BCUT2D eigenvalue weighted by Gasteiger charge is -2.35. The molecule has 2 amide bonds. The normalized spacial score (nSPS) is 28.9. The number of rotatable bonds is 4. The lowest BCUT2D eigenvalue weighted by Crippen LogP contribution is -2.49. The Labute approximate surface area is 132 Å². The molecule has 2 heterocycles. The Morgan fingerprint density at radius 1 is 1.29 bits per heavy atom. The van der Waals surface area contributed by atoms with Gasteiger partial charge in [-0.05, 0) is 33.2 Å². The molecular formula is C14H26ClN3O3. The minimum Gasteiger partial charge on any atom is -0.372 e. The second-order valence-corrected chi connectivity index (χ2v) is 5.75. The van der Waals surface area contributed by atoms with Gasteiger partial charge < -0.3 is 20.3 Å². The van der Waals surface area contributed by atoms with Crippen LogP contribution in [0.4, 0.5) is 0 Å². The monoisotopic (exact) mass is 319 g/mol. The van der Waals surface area contributed by atoms with Crippen LogP contribution in [-0.4, -0.2) is 61.1 Å². The first-order valence-electron chi connectivity index (χ1n) is 7.50. The number of nitrogens with one attached hydrogen (secondary N) is 2. The number of carbonyl (C=O) groups is 2. The molecule has 2 aliphatic rings. The highest BCUT2D eigenvalue weighted by Crippen LogP contribution is 2.11. The minimum absolute atomic E-state index is 0. The van der Waals surface area contributed by atoms with Crippen molar-refractivity contribution in [3.8, 4) is 0 Å². The zero-order valence-electron chi connectivity index (χ0n) is 12.8. The second kappa shape index (κ2) is 8.56. The number of amides is 2. The van der Waals surface area contributed by atoms with Crippen LogP contribution in [0.25, 0.3) is 0 Å². The van der Waals surface area contributed by atoms with Gasteiger partial charge in [-0.3, -0.25) is 9.59 Å². The fourth-order valence-electron chi connectivity index (χ4n) is 2.86. The molecule has 0 bridgehead atoms. The topological polar surface area (TPSA) is 70.7 Å². The second-order valence-electron chi connectivity index (χ2n) is 5.75. The Morgan fingerprint density at radius 3 is 2.52 bits per heavy atom. The zero-order chi connectivity index (χ0) is 14.5. The van der Waals surface area contributed by atoms with Crippen LogP contribution in [-0.2, 0) is 14.3 Å². The number of hydrogen-bond donors (Lipinski definition) is 2. The molecule has 122 valence electrons. The maximum atomic E-state index is 12.1. The number of hydrogen-bond acceptors (Lipinski definition) is 4. The molecule has 2 saturated heterocycles. The summed E-state index contributed by atoms with van der Waals surface area (Å²) in [7, 11) is 0. The van der Waals surface area contributed by atoms with E-state index in [1.807, 2.05) is 18.7 Å². The van der Waals surface area contributed by atoms with E-state index in [-0.39, 0.29) is 42.5 Å². The highest BCUT2D eigenvalue weighted by atomic mass is 35.5. The standard InChI is InChI=1S/C14H25N3O3.ClH/c1-10-8-17(9-11(2)20-10)13(18)5-7-16-14(19)12-4-3-6-15-12;/h10-12,15H,3-9H2,1-2H3,(H,16,19);1H. The van der Waals surface area contributed by atoms with Crippen LogP contribution in [0.15, 0.2) is 0 Å². The molecule has 3 atom stereocenters. The van der Waals surface area contributed by atoms with E-state index in [2.05, 4.69) is 10.6 Å². The molecule has 2 rings (SSSR count). The first-order valence-corrected chi connectivity index (χ1v) is 7.50. The Bertz CT molecular complexity index is 351. The van der Waals surface area contributed by atoms with Crippen molar-refractivity contribution in [3.05, 3.63) is 0 Å². The van der Waals surface area contributed by atoms with E-state index in [1.54, 1.807) is 0 Å². The third-order valence-electron chi connectivity index (χ3n) is 3.79. The van der Waals surface area contributed by atoms with Crippen LogP contribution >= 0.6 is 12.4 Å². The van der Waals surface area contributed by atoms with E-state index in [9.17, 15) is 9.59 Å². The molecule has 0 aliphatic carbocycles. The highest BCUT2D eigenvalue weighted by Gasteiger charge is 2.26. The zero-order valence-corrected chi connectivity index (χ0v) is 13.6. The summed E-state index contributed by atoms with van der Waals surface area (Å²) in [5, 5.41) is 5.98. The van der Waals surface area contributed by atoms with E-state index in [4.69, 9.17) is 4.74 Å². The van der Waals surface area contributed by atoms with Crippen LogP contribution in [0.5, 0.6) is 0 Å². The molecule has 0 aromatic rings. The Balaban J connectivity index is 0.00000220. The van der Waals surface area contributed by atoms with E-state index >= 15 is 0 Å². The SMILES string of the molecule is CC1CN(C(=O)CCNC(=O)C2CCCN2)CC(C)O1.Cl. The van der Waals surface area contributed by atoms with E-state index < -0.39 is 0 Å². The van der Waals surface area contributed by atoms with Crippen molar-refractivity contribution in [3.63, 3.8) is 0 Å². The lowest BCUT2D eigenvalue weighted by molar-refractivity contribution is -0.143. The van der Waals surface area contributed by atoms with Gasteiger partial charge in [0.1, 0.15) is 0 Å². The van der Waals surface area contributed by atoms with Crippen molar-refractivity contribution in [2.75, 3.05) is 26.2 Å². The average Bonchev–Trinajstić information content (AvgIpc) is 2.91. The largest absolute Gasteiger partial charge is 0.372 e. The first kappa shape index (κ1) is 18.2. The molecule has 6 nitrogen and oxygen atoms in total. The smallest absolute Gasteiger partial charge is 0.237 e. The van der Waals surface area contributed by atoms with Gasteiger partial charge in [0, 0.05) is 26.1 Å². The maximum absolute atomic E-state index is 12.1. The predicted molar refractivity (Wildman–Crippen MR) is 82.5 cm³/mol. The Hall–Kier alpha value is -0.850.